The van der Waals surface area contributed by atoms with Crippen molar-refractivity contribution >= 4 is 63.0 Å². The van der Waals surface area contributed by atoms with Crippen LogP contribution in [-0.4, -0.2) is 114 Å². The van der Waals surface area contributed by atoms with E-state index >= 15 is 0 Å². The number of pyridine rings is 3. The predicted octanol–water partition coefficient (Wildman–Crippen LogP) is 14.9. The van der Waals surface area contributed by atoms with Gasteiger partial charge in [0.05, 0.1) is 81.2 Å². The highest BCUT2D eigenvalue weighted by molar-refractivity contribution is 7.71. The predicted molar refractivity (Wildman–Crippen MR) is 393 cm³/mol. The third-order valence-electron chi connectivity index (χ3n) is 19.0. The van der Waals surface area contributed by atoms with Crippen molar-refractivity contribution in [3.8, 4) is 51.6 Å². The van der Waals surface area contributed by atoms with Gasteiger partial charge in [-0.1, -0.05) is 62.2 Å². The number of aromatic nitrogens is 9. The van der Waals surface area contributed by atoms with E-state index in [1.807, 2.05) is 126 Å². The maximum atomic E-state index is 15.0. The van der Waals surface area contributed by atoms with E-state index < -0.39 is 5.82 Å². The van der Waals surface area contributed by atoms with Gasteiger partial charge in [-0.15, -0.1) is 0 Å². The Labute approximate surface area is 591 Å². The summed E-state index contributed by atoms with van der Waals surface area (Å²) in [5, 5.41) is 0. The van der Waals surface area contributed by atoms with Crippen LogP contribution in [0.1, 0.15) is 73.7 Å². The third-order valence-corrected chi connectivity index (χ3v) is 19.4. The first-order valence-corrected chi connectivity index (χ1v) is 34.4. The number of para-hydroxylation sites is 1. The van der Waals surface area contributed by atoms with Crippen molar-refractivity contribution < 1.29 is 33.0 Å². The standard InChI is InChI=1S/C28H26N4O3.C26H23FN4O3.C26H24N4O2S/c1-2-27(33)30-15-13-22(18-30)32-25-12-14-29-17-26(25)31(28(32)34)21-8-10-23(11-9-21)35-24-5-3-4-20(16-24)19-6-7-19;1-2-25(32)29-14-6-7-19(17-29)31-22-12-13-28-16-23(22)30(26(31)33)18-10-11-24(21(27)15-18)34-20-8-4-3-5-9-20;1-3-25(31)28-14-12-20(17-28)30-23-11-13-27-16-24(23)29(26(30)33)19-7-9-21(10-8-19)32-22-6-4-5-18(2)15-22/h2-5,8-12,14,16-17,19,22H,1,6-7,13,15,18H2;2-5,8-13,15-16,19H,1,6-7,14,17H2;3-11,13,15-16,20H,1,12,14,17H2,2H3/t22-;19-;20-/m111/s1. The summed E-state index contributed by atoms with van der Waals surface area (Å²) in [6, 6.07) is 50.4. The number of likely N-dealkylation sites (tertiary alicyclic amines) is 3. The minimum atomic E-state index is -0.585. The molecule has 102 heavy (non-hydrogen) atoms. The van der Waals surface area contributed by atoms with Gasteiger partial charge in [-0.2, -0.15) is 0 Å². The average molecular weight is 1380 g/mol. The van der Waals surface area contributed by atoms with Crippen molar-refractivity contribution in [1.29, 1.82) is 0 Å². The van der Waals surface area contributed by atoms with Crippen molar-refractivity contribution in [2.45, 2.75) is 69.5 Å². The molecule has 9 heterocycles. The van der Waals surface area contributed by atoms with Crippen LogP contribution in [0, 0.1) is 17.5 Å². The lowest BCUT2D eigenvalue weighted by atomic mass is 10.1. The molecule has 3 saturated heterocycles. The summed E-state index contributed by atoms with van der Waals surface area (Å²) >= 11 is 5.94. The molecule has 514 valence electrons. The number of carbonyl (C=O) groups is 3. The molecule has 0 N–H and O–H groups in total. The summed E-state index contributed by atoms with van der Waals surface area (Å²) in [4.78, 5) is 81.7. The van der Waals surface area contributed by atoms with Crippen LogP contribution in [0.25, 0.3) is 50.2 Å². The summed E-state index contributed by atoms with van der Waals surface area (Å²) < 4.78 is 44.2. The number of fused-ring (bicyclic) bond motifs is 3. The van der Waals surface area contributed by atoms with Gasteiger partial charge in [0.15, 0.2) is 16.3 Å². The highest BCUT2D eigenvalue weighted by Gasteiger charge is 2.33. The molecular formula is C80H73FN12O8S. The van der Waals surface area contributed by atoms with E-state index in [1.54, 1.807) is 90.9 Å². The first-order chi connectivity index (χ1) is 49.7. The molecule has 1 saturated carbocycles. The van der Waals surface area contributed by atoms with Crippen LogP contribution < -0.4 is 25.6 Å². The Balaban J connectivity index is 0.000000130. The van der Waals surface area contributed by atoms with Crippen LogP contribution in [0.5, 0.6) is 34.5 Å². The fourth-order valence-electron chi connectivity index (χ4n) is 13.9. The summed E-state index contributed by atoms with van der Waals surface area (Å²) in [7, 11) is 0. The third kappa shape index (κ3) is 13.9. The number of amides is 3. The maximum Gasteiger partial charge on any atom is 0.334 e. The second-order valence-corrected chi connectivity index (χ2v) is 26.0. The molecular weight excluding hydrogens is 1310 g/mol. The van der Waals surface area contributed by atoms with Gasteiger partial charge in [0.1, 0.15) is 28.7 Å². The lowest BCUT2D eigenvalue weighted by molar-refractivity contribution is -0.127. The molecule has 0 radical (unpaired) electrons. The monoisotopic (exact) mass is 1380 g/mol. The Morgan fingerprint density at radius 3 is 1.44 bits per heavy atom. The largest absolute Gasteiger partial charge is 0.457 e. The Hall–Kier alpha value is -12.0. The molecule has 3 aliphatic heterocycles. The molecule has 20 nitrogen and oxygen atoms in total. The number of rotatable bonds is 16. The molecule has 12 aromatic rings. The van der Waals surface area contributed by atoms with E-state index in [0.717, 1.165) is 75.5 Å². The minimum absolute atomic E-state index is 0.0429. The van der Waals surface area contributed by atoms with Crippen LogP contribution in [0.15, 0.2) is 249 Å². The van der Waals surface area contributed by atoms with Gasteiger partial charge in [-0.05, 0) is 208 Å². The fraction of sp³-hybridized carbons (Fsp3) is 0.212. The highest BCUT2D eigenvalue weighted by Crippen LogP contribution is 2.42. The zero-order valence-corrected chi connectivity index (χ0v) is 56.9. The molecule has 6 aromatic carbocycles. The quantitative estimate of drug-likeness (QED) is 0.0658. The molecule has 0 bridgehead atoms. The Kier molecular flexibility index (Phi) is 19.4. The van der Waals surface area contributed by atoms with Gasteiger partial charge in [-0.25, -0.2) is 14.0 Å². The van der Waals surface area contributed by atoms with Crippen LogP contribution in [0.2, 0.25) is 0 Å². The minimum Gasteiger partial charge on any atom is -0.457 e. The van der Waals surface area contributed by atoms with Crippen molar-refractivity contribution in [1.82, 2.24) is 57.1 Å². The summed E-state index contributed by atoms with van der Waals surface area (Å²) in [6.45, 7) is 16.2. The molecule has 22 heteroatoms. The number of aryl methyl sites for hydroxylation is 1. The summed E-state index contributed by atoms with van der Waals surface area (Å²) in [5.41, 5.74) is 8.80. The summed E-state index contributed by atoms with van der Waals surface area (Å²) in [6.07, 6.45) is 19.8. The number of hydrogen-bond acceptors (Lipinski definition) is 12. The molecule has 3 amide bonds. The van der Waals surface area contributed by atoms with Gasteiger partial charge < -0.3 is 33.5 Å². The lowest BCUT2D eigenvalue weighted by Crippen LogP contribution is -2.42. The molecule has 16 rings (SSSR count). The Bertz CT molecular complexity index is 5370. The Morgan fingerprint density at radius 2 is 0.912 bits per heavy atom. The molecule has 4 fully saturated rings. The lowest BCUT2D eigenvalue weighted by Gasteiger charge is -2.32. The van der Waals surface area contributed by atoms with Crippen molar-refractivity contribution in [3.63, 3.8) is 0 Å². The zero-order chi connectivity index (χ0) is 70.5. The first kappa shape index (κ1) is 67.2. The first-order valence-electron chi connectivity index (χ1n) is 33.9. The van der Waals surface area contributed by atoms with E-state index in [-0.39, 0.29) is 53.0 Å². The number of carbonyl (C=O) groups excluding carboxylic acids is 3. The van der Waals surface area contributed by atoms with Crippen LogP contribution in [0.3, 0.4) is 0 Å². The fourth-order valence-corrected chi connectivity index (χ4v) is 14.4. The normalized spacial score (nSPS) is 16.4. The Morgan fingerprint density at radius 1 is 0.461 bits per heavy atom. The topological polar surface area (TPSA) is 191 Å². The van der Waals surface area contributed by atoms with Gasteiger partial charge in [0.2, 0.25) is 17.7 Å². The van der Waals surface area contributed by atoms with E-state index in [2.05, 4.69) is 51.4 Å². The number of halogens is 1. The molecule has 6 aromatic heterocycles. The van der Waals surface area contributed by atoms with E-state index in [9.17, 15) is 28.4 Å². The average Bonchev–Trinajstić information content (AvgIpc) is 1.61. The maximum absolute atomic E-state index is 15.0. The smallest absolute Gasteiger partial charge is 0.334 e. The molecule has 0 unspecified atom stereocenters. The van der Waals surface area contributed by atoms with Gasteiger partial charge in [0, 0.05) is 69.6 Å². The zero-order valence-electron chi connectivity index (χ0n) is 56.1. The second-order valence-electron chi connectivity index (χ2n) is 25.6. The van der Waals surface area contributed by atoms with Gasteiger partial charge >= 0.3 is 11.4 Å². The molecule has 1 aliphatic carbocycles. The van der Waals surface area contributed by atoms with E-state index in [1.165, 1.54) is 53.3 Å². The van der Waals surface area contributed by atoms with Crippen LogP contribution in [-0.2, 0) is 14.4 Å². The molecule has 4 aliphatic rings. The van der Waals surface area contributed by atoms with E-state index in [4.69, 9.17) is 26.4 Å². The van der Waals surface area contributed by atoms with Crippen LogP contribution >= 0.6 is 12.2 Å². The van der Waals surface area contributed by atoms with Crippen molar-refractivity contribution in [2.75, 3.05) is 39.3 Å². The number of hydrogen-bond donors (Lipinski definition) is 0. The SMILES string of the molecule is C=CC(=O)N1CCC[C@@H](n2c(=O)n(-c3ccc(Oc4ccccc4)c(F)c3)c3cnccc32)C1.C=CC(=O)N1CC[C@@H](n2c(=O)n(-c3ccc(Oc4cccc(C5CC5)c4)cc3)c3cnccc32)C1.C=CC(=O)N1CC[C@@H](n2c(=S)n(-c3ccc(Oc4cccc(C)c4)cc3)c3cnccc32)C1. The second kappa shape index (κ2) is 29.4. The highest BCUT2D eigenvalue weighted by atomic mass is 32.1. The number of piperidine rings is 1. The van der Waals surface area contributed by atoms with Crippen LogP contribution in [0.4, 0.5) is 4.39 Å². The molecule has 3 atom stereocenters. The number of benzene rings is 6. The van der Waals surface area contributed by atoms with Gasteiger partial charge in [-0.3, -0.25) is 52.2 Å². The summed E-state index contributed by atoms with van der Waals surface area (Å²) in [5.74, 6) is 3.46. The number of imidazole rings is 3. The van der Waals surface area contributed by atoms with Gasteiger partial charge in [0.25, 0.3) is 0 Å². The number of nitrogens with zero attached hydrogens (tertiary/aromatic N) is 12. The van der Waals surface area contributed by atoms with Crippen molar-refractivity contribution in [2.24, 2.45) is 0 Å². The van der Waals surface area contributed by atoms with E-state index in [0.29, 0.717) is 84.6 Å². The molecule has 0 spiro atoms. The number of ether oxygens (including phenoxy) is 3. The van der Waals surface area contributed by atoms with Crippen molar-refractivity contribution in [3.05, 3.63) is 282 Å².